The smallest absolute Gasteiger partial charge is 0.191 e. The molecule has 0 spiro atoms. The Labute approximate surface area is 132 Å². The molecule has 1 aromatic rings. The summed E-state index contributed by atoms with van der Waals surface area (Å²) in [5, 5.41) is 7.22. The lowest BCUT2D eigenvalue weighted by Gasteiger charge is -2.23. The van der Waals surface area contributed by atoms with Crippen LogP contribution in [-0.2, 0) is 4.74 Å². The molecule has 2 heterocycles. The minimum atomic E-state index is 0.387. The number of nitrogens with one attached hydrogen (secondary N) is 2. The van der Waals surface area contributed by atoms with Crippen molar-refractivity contribution in [1.82, 2.24) is 10.6 Å². The molecule has 5 unspecified atom stereocenters. The minimum Gasteiger partial charge on any atom is -0.373 e. The number of benzene rings is 1. The number of hydrogen-bond donors (Lipinski definition) is 2. The third kappa shape index (κ3) is 2.84. The molecule has 0 radical (unpaired) electrons. The standard InChI is InChI=1S/C18H25N3O/c1-2-19-18(21-16-10-13-8-9-17(16)22-13)20-15-11-14(15)12-6-4-3-5-7-12/h3-7,13-17H,2,8-11H2,1H3,(H2,19,20,21). The molecule has 4 rings (SSSR count). The first-order valence-corrected chi connectivity index (χ1v) is 8.61. The molecule has 22 heavy (non-hydrogen) atoms. The second-order valence-electron chi connectivity index (χ2n) is 6.69. The molecule has 1 aromatic carbocycles. The van der Waals surface area contributed by atoms with E-state index in [4.69, 9.17) is 4.74 Å². The van der Waals surface area contributed by atoms with Crippen molar-refractivity contribution < 1.29 is 4.74 Å². The van der Waals surface area contributed by atoms with Gasteiger partial charge in [0.1, 0.15) is 0 Å². The van der Waals surface area contributed by atoms with Crippen LogP contribution in [0.15, 0.2) is 35.3 Å². The van der Waals surface area contributed by atoms with Crippen LogP contribution >= 0.6 is 0 Å². The quantitative estimate of drug-likeness (QED) is 0.663. The highest BCUT2D eigenvalue weighted by Crippen LogP contribution is 2.40. The van der Waals surface area contributed by atoms with Crippen molar-refractivity contribution in [1.29, 1.82) is 0 Å². The fourth-order valence-electron chi connectivity index (χ4n) is 3.86. The summed E-state index contributed by atoms with van der Waals surface area (Å²) in [6.07, 6.45) is 5.61. The number of rotatable bonds is 4. The molecular formula is C18H25N3O. The molecule has 3 aliphatic rings. The normalized spacial score (nSPS) is 36.4. The Balaban J connectivity index is 1.35. The SMILES string of the molecule is CCN=C(NC1CC2CCC1O2)NC1CC1c1ccccc1. The molecule has 3 fully saturated rings. The summed E-state index contributed by atoms with van der Waals surface area (Å²) < 4.78 is 5.93. The van der Waals surface area contributed by atoms with Gasteiger partial charge in [-0.15, -0.1) is 0 Å². The summed E-state index contributed by atoms with van der Waals surface area (Å²) in [5.41, 5.74) is 1.43. The number of hydrogen-bond acceptors (Lipinski definition) is 2. The van der Waals surface area contributed by atoms with E-state index in [0.29, 0.717) is 30.2 Å². The Hall–Kier alpha value is -1.55. The Morgan fingerprint density at radius 3 is 2.64 bits per heavy atom. The monoisotopic (exact) mass is 299 g/mol. The molecule has 2 saturated heterocycles. The predicted molar refractivity (Wildman–Crippen MR) is 88.1 cm³/mol. The van der Waals surface area contributed by atoms with Crippen LogP contribution < -0.4 is 10.6 Å². The van der Waals surface area contributed by atoms with Gasteiger partial charge in [0.05, 0.1) is 18.2 Å². The van der Waals surface area contributed by atoms with Gasteiger partial charge < -0.3 is 15.4 Å². The van der Waals surface area contributed by atoms with Gasteiger partial charge in [0.2, 0.25) is 0 Å². The van der Waals surface area contributed by atoms with Crippen LogP contribution in [0.25, 0.3) is 0 Å². The number of ether oxygens (including phenoxy) is 1. The minimum absolute atomic E-state index is 0.387. The lowest BCUT2D eigenvalue weighted by molar-refractivity contribution is 0.0992. The van der Waals surface area contributed by atoms with Crippen molar-refractivity contribution in [3.05, 3.63) is 35.9 Å². The van der Waals surface area contributed by atoms with Gasteiger partial charge in [-0.2, -0.15) is 0 Å². The lowest BCUT2D eigenvalue weighted by atomic mass is 9.96. The lowest BCUT2D eigenvalue weighted by Crippen LogP contribution is -2.48. The van der Waals surface area contributed by atoms with E-state index >= 15 is 0 Å². The summed E-state index contributed by atoms with van der Waals surface area (Å²) >= 11 is 0. The predicted octanol–water partition coefficient (Wildman–Crippen LogP) is 2.42. The summed E-state index contributed by atoms with van der Waals surface area (Å²) in [6.45, 7) is 2.89. The Kier molecular flexibility index (Phi) is 3.78. The topological polar surface area (TPSA) is 45.7 Å². The highest BCUT2D eigenvalue weighted by Gasteiger charge is 2.42. The van der Waals surface area contributed by atoms with E-state index in [9.17, 15) is 0 Å². The van der Waals surface area contributed by atoms with E-state index in [0.717, 1.165) is 18.9 Å². The van der Waals surface area contributed by atoms with Crippen molar-refractivity contribution >= 4 is 5.96 Å². The van der Waals surface area contributed by atoms with Crippen molar-refractivity contribution in [3.8, 4) is 0 Å². The van der Waals surface area contributed by atoms with E-state index in [1.165, 1.54) is 24.8 Å². The first-order chi connectivity index (χ1) is 10.8. The molecule has 2 aliphatic heterocycles. The molecule has 4 heteroatoms. The van der Waals surface area contributed by atoms with Gasteiger partial charge in [-0.05, 0) is 38.2 Å². The summed E-state index contributed by atoms with van der Waals surface area (Å²) in [4.78, 5) is 4.62. The molecule has 2 N–H and O–H groups in total. The summed E-state index contributed by atoms with van der Waals surface area (Å²) in [5.74, 6) is 1.59. The third-order valence-electron chi connectivity index (χ3n) is 5.08. The second kappa shape index (κ2) is 5.92. The first-order valence-electron chi connectivity index (χ1n) is 8.61. The second-order valence-corrected chi connectivity index (χ2v) is 6.69. The maximum atomic E-state index is 5.93. The molecule has 0 amide bonds. The summed E-state index contributed by atoms with van der Waals surface area (Å²) in [6, 6.07) is 11.7. The molecule has 1 aliphatic carbocycles. The van der Waals surface area contributed by atoms with Crippen molar-refractivity contribution in [2.75, 3.05) is 6.54 Å². The van der Waals surface area contributed by atoms with Crippen LogP contribution in [-0.4, -0.2) is 36.8 Å². The van der Waals surface area contributed by atoms with E-state index < -0.39 is 0 Å². The van der Waals surface area contributed by atoms with Gasteiger partial charge in [-0.3, -0.25) is 4.99 Å². The van der Waals surface area contributed by atoms with Crippen LogP contribution in [0, 0.1) is 0 Å². The average molecular weight is 299 g/mol. The van der Waals surface area contributed by atoms with E-state index in [-0.39, 0.29) is 0 Å². The fourth-order valence-corrected chi connectivity index (χ4v) is 3.86. The maximum Gasteiger partial charge on any atom is 0.191 e. The van der Waals surface area contributed by atoms with E-state index in [1.807, 2.05) is 0 Å². The number of nitrogens with zero attached hydrogens (tertiary/aromatic N) is 1. The van der Waals surface area contributed by atoms with E-state index in [2.05, 4.69) is 52.9 Å². The number of fused-ring (bicyclic) bond motifs is 2. The van der Waals surface area contributed by atoms with E-state index in [1.54, 1.807) is 0 Å². The Morgan fingerprint density at radius 1 is 1.14 bits per heavy atom. The van der Waals surface area contributed by atoms with Gasteiger partial charge in [-0.1, -0.05) is 30.3 Å². The van der Waals surface area contributed by atoms with Gasteiger partial charge in [0, 0.05) is 18.5 Å². The molecule has 5 atom stereocenters. The highest BCUT2D eigenvalue weighted by atomic mass is 16.5. The van der Waals surface area contributed by atoms with Gasteiger partial charge in [-0.25, -0.2) is 0 Å². The first kappa shape index (κ1) is 14.1. The average Bonchev–Trinajstić information content (AvgIpc) is 2.99. The van der Waals surface area contributed by atoms with Crippen LogP contribution in [0.2, 0.25) is 0 Å². The van der Waals surface area contributed by atoms with Gasteiger partial charge in [0.15, 0.2) is 5.96 Å². The summed E-state index contributed by atoms with van der Waals surface area (Å²) in [7, 11) is 0. The van der Waals surface area contributed by atoms with Crippen LogP contribution in [0.3, 0.4) is 0 Å². The molecule has 1 saturated carbocycles. The molecule has 0 aromatic heterocycles. The van der Waals surface area contributed by atoms with Crippen LogP contribution in [0.5, 0.6) is 0 Å². The largest absolute Gasteiger partial charge is 0.373 e. The molecular weight excluding hydrogens is 274 g/mol. The Bertz CT molecular complexity index is 545. The van der Waals surface area contributed by atoms with Crippen molar-refractivity contribution in [2.45, 2.75) is 62.8 Å². The molecule has 2 bridgehead atoms. The molecule has 4 nitrogen and oxygen atoms in total. The number of aliphatic imine (C=N–C) groups is 1. The van der Waals surface area contributed by atoms with Crippen LogP contribution in [0.4, 0.5) is 0 Å². The third-order valence-corrected chi connectivity index (χ3v) is 5.08. The zero-order chi connectivity index (χ0) is 14.9. The Morgan fingerprint density at radius 2 is 1.95 bits per heavy atom. The molecule has 118 valence electrons. The van der Waals surface area contributed by atoms with Crippen LogP contribution in [0.1, 0.15) is 44.1 Å². The number of guanidine groups is 1. The zero-order valence-electron chi connectivity index (χ0n) is 13.2. The fraction of sp³-hybridized carbons (Fsp3) is 0.611. The highest BCUT2D eigenvalue weighted by molar-refractivity contribution is 5.81. The van der Waals surface area contributed by atoms with Crippen molar-refractivity contribution in [3.63, 3.8) is 0 Å². The van der Waals surface area contributed by atoms with Gasteiger partial charge >= 0.3 is 0 Å². The maximum absolute atomic E-state index is 5.93. The van der Waals surface area contributed by atoms with Crippen molar-refractivity contribution in [2.24, 2.45) is 4.99 Å². The zero-order valence-corrected chi connectivity index (χ0v) is 13.2. The van der Waals surface area contributed by atoms with Gasteiger partial charge in [0.25, 0.3) is 0 Å².